The molecule has 0 amide bonds. The molecule has 2 aromatic rings. The first-order chi connectivity index (χ1) is 9.08. The number of rotatable bonds is 4. The molecule has 102 valence electrons. The van der Waals surface area contributed by atoms with Crippen LogP contribution < -0.4 is 5.73 Å². The molecule has 2 aromatic heterocycles. The smallest absolute Gasteiger partial charge is 0.360 e. The predicted octanol–water partition coefficient (Wildman–Crippen LogP) is 1.63. The van der Waals surface area contributed by atoms with Crippen molar-refractivity contribution >= 4 is 23.1 Å². The molecule has 0 saturated heterocycles. The fraction of sp³-hybridized carbons (Fsp3) is 0.417. The largest absolute Gasteiger partial charge is 0.464 e. The van der Waals surface area contributed by atoms with E-state index >= 15 is 0 Å². The van der Waals surface area contributed by atoms with Crippen molar-refractivity contribution in [3.05, 3.63) is 27.6 Å². The average molecular weight is 280 g/mol. The SMILES string of the molecule is CCc1nc(C(=O)OC)c(N)n1Cc1scnc1C. The standard InChI is InChI=1S/C12H16N4O2S/c1-4-9-15-10(12(17)18-3)11(13)16(9)5-8-7(2)14-6-19-8/h6H,4-5,13H2,1-3H3. The van der Waals surface area contributed by atoms with E-state index in [0.29, 0.717) is 18.8 Å². The lowest BCUT2D eigenvalue weighted by Gasteiger charge is -2.07. The average Bonchev–Trinajstić information content (AvgIpc) is 2.95. The van der Waals surface area contributed by atoms with Gasteiger partial charge in [-0.3, -0.25) is 0 Å². The molecule has 2 rings (SSSR count). The molecular weight excluding hydrogens is 264 g/mol. The molecule has 0 saturated carbocycles. The van der Waals surface area contributed by atoms with Gasteiger partial charge in [0, 0.05) is 11.3 Å². The molecule has 0 aliphatic rings. The van der Waals surface area contributed by atoms with Crippen LogP contribution >= 0.6 is 11.3 Å². The van der Waals surface area contributed by atoms with E-state index in [-0.39, 0.29) is 5.69 Å². The maximum Gasteiger partial charge on any atom is 0.360 e. The number of nitrogens with zero attached hydrogens (tertiary/aromatic N) is 3. The van der Waals surface area contributed by atoms with E-state index < -0.39 is 5.97 Å². The first-order valence-corrected chi connectivity index (χ1v) is 6.78. The Morgan fingerprint density at radius 1 is 1.58 bits per heavy atom. The number of hydrogen-bond acceptors (Lipinski definition) is 6. The third-order valence-corrected chi connectivity index (χ3v) is 3.85. The monoisotopic (exact) mass is 280 g/mol. The summed E-state index contributed by atoms with van der Waals surface area (Å²) < 4.78 is 6.52. The molecule has 19 heavy (non-hydrogen) atoms. The second-order valence-electron chi connectivity index (χ2n) is 4.05. The van der Waals surface area contributed by atoms with Gasteiger partial charge in [-0.05, 0) is 6.92 Å². The van der Waals surface area contributed by atoms with E-state index in [9.17, 15) is 4.79 Å². The molecule has 0 aromatic carbocycles. The number of carbonyl (C=O) groups is 1. The number of nitrogens with two attached hydrogens (primary N) is 1. The first-order valence-electron chi connectivity index (χ1n) is 5.90. The Morgan fingerprint density at radius 3 is 2.84 bits per heavy atom. The van der Waals surface area contributed by atoms with Gasteiger partial charge in [0.15, 0.2) is 5.69 Å². The number of aryl methyl sites for hydroxylation is 2. The van der Waals surface area contributed by atoms with Gasteiger partial charge in [0.2, 0.25) is 0 Å². The summed E-state index contributed by atoms with van der Waals surface area (Å²) in [6.45, 7) is 4.50. The molecule has 0 unspecified atom stereocenters. The number of nitrogen functional groups attached to an aromatic ring is 1. The summed E-state index contributed by atoms with van der Waals surface area (Å²) in [4.78, 5) is 21.2. The topological polar surface area (TPSA) is 83.0 Å². The Kier molecular flexibility index (Phi) is 3.84. The summed E-state index contributed by atoms with van der Waals surface area (Å²) in [5.41, 5.74) is 8.96. The van der Waals surface area contributed by atoms with Gasteiger partial charge in [0.1, 0.15) is 11.6 Å². The third-order valence-electron chi connectivity index (χ3n) is 2.93. The highest BCUT2D eigenvalue weighted by Gasteiger charge is 2.20. The van der Waals surface area contributed by atoms with E-state index in [4.69, 9.17) is 5.73 Å². The zero-order valence-electron chi connectivity index (χ0n) is 11.1. The highest BCUT2D eigenvalue weighted by molar-refractivity contribution is 7.09. The molecular formula is C12H16N4O2S. The number of anilines is 1. The molecule has 0 aliphatic heterocycles. The summed E-state index contributed by atoms with van der Waals surface area (Å²) in [6.07, 6.45) is 0.693. The zero-order chi connectivity index (χ0) is 14.0. The van der Waals surface area contributed by atoms with Crippen LogP contribution in [0.4, 0.5) is 5.82 Å². The van der Waals surface area contributed by atoms with Crippen molar-refractivity contribution in [1.29, 1.82) is 0 Å². The lowest BCUT2D eigenvalue weighted by molar-refractivity contribution is 0.0595. The van der Waals surface area contributed by atoms with Gasteiger partial charge >= 0.3 is 5.97 Å². The number of esters is 1. The number of aromatic nitrogens is 3. The van der Waals surface area contributed by atoms with Crippen LogP contribution in [-0.4, -0.2) is 27.6 Å². The number of hydrogen-bond donors (Lipinski definition) is 1. The minimum Gasteiger partial charge on any atom is -0.464 e. The van der Waals surface area contributed by atoms with Crippen molar-refractivity contribution in [1.82, 2.24) is 14.5 Å². The molecule has 2 N–H and O–H groups in total. The number of methoxy groups -OCH3 is 1. The normalized spacial score (nSPS) is 10.7. The van der Waals surface area contributed by atoms with Crippen LogP contribution in [-0.2, 0) is 17.7 Å². The van der Waals surface area contributed by atoms with E-state index in [1.807, 2.05) is 18.4 Å². The molecule has 0 aliphatic carbocycles. The Hall–Kier alpha value is -1.89. The van der Waals surface area contributed by atoms with Crippen molar-refractivity contribution in [2.45, 2.75) is 26.8 Å². The van der Waals surface area contributed by atoms with Crippen LogP contribution in [0.5, 0.6) is 0 Å². The minimum atomic E-state index is -0.507. The summed E-state index contributed by atoms with van der Waals surface area (Å²) in [7, 11) is 1.32. The summed E-state index contributed by atoms with van der Waals surface area (Å²) >= 11 is 1.56. The molecule has 0 atom stereocenters. The van der Waals surface area contributed by atoms with Crippen LogP contribution in [0.1, 0.15) is 33.8 Å². The summed E-state index contributed by atoms with van der Waals surface area (Å²) in [6, 6.07) is 0. The van der Waals surface area contributed by atoms with Gasteiger partial charge in [-0.25, -0.2) is 14.8 Å². The van der Waals surface area contributed by atoms with E-state index in [1.54, 1.807) is 16.8 Å². The maximum atomic E-state index is 11.6. The fourth-order valence-electron chi connectivity index (χ4n) is 1.83. The summed E-state index contributed by atoms with van der Waals surface area (Å²) in [5.74, 6) is 0.606. The number of carbonyl (C=O) groups excluding carboxylic acids is 1. The highest BCUT2D eigenvalue weighted by atomic mass is 32.1. The first kappa shape index (κ1) is 13.5. The second-order valence-corrected chi connectivity index (χ2v) is 4.99. The van der Waals surface area contributed by atoms with E-state index in [0.717, 1.165) is 16.4 Å². The van der Waals surface area contributed by atoms with Crippen LogP contribution in [0.25, 0.3) is 0 Å². The lowest BCUT2D eigenvalue weighted by Crippen LogP contribution is -2.10. The lowest BCUT2D eigenvalue weighted by atomic mass is 10.3. The highest BCUT2D eigenvalue weighted by Crippen LogP contribution is 2.21. The summed E-state index contributed by atoms with van der Waals surface area (Å²) in [5, 5.41) is 0. The third kappa shape index (κ3) is 2.46. The van der Waals surface area contributed by atoms with Crippen molar-refractivity contribution in [2.75, 3.05) is 12.8 Å². The number of imidazole rings is 1. The van der Waals surface area contributed by atoms with Crippen LogP contribution in [0.3, 0.4) is 0 Å². The Bertz CT molecular complexity index is 603. The molecule has 0 bridgehead atoms. The van der Waals surface area contributed by atoms with E-state index in [2.05, 4.69) is 14.7 Å². The molecule has 2 heterocycles. The van der Waals surface area contributed by atoms with Gasteiger partial charge in [0.05, 0.1) is 24.9 Å². The number of ether oxygens (including phenoxy) is 1. The van der Waals surface area contributed by atoms with Gasteiger partial charge in [-0.2, -0.15) is 0 Å². The predicted molar refractivity (Wildman–Crippen MR) is 73.3 cm³/mol. The van der Waals surface area contributed by atoms with Crippen molar-refractivity contribution in [2.24, 2.45) is 0 Å². The van der Waals surface area contributed by atoms with Gasteiger partial charge < -0.3 is 15.0 Å². The Morgan fingerprint density at radius 2 is 2.32 bits per heavy atom. The van der Waals surface area contributed by atoms with Crippen LogP contribution in [0.2, 0.25) is 0 Å². The second kappa shape index (κ2) is 5.40. The van der Waals surface area contributed by atoms with Gasteiger partial charge in [-0.1, -0.05) is 6.92 Å². The quantitative estimate of drug-likeness (QED) is 0.861. The van der Waals surface area contributed by atoms with Crippen LogP contribution in [0.15, 0.2) is 5.51 Å². The fourth-order valence-corrected chi connectivity index (χ4v) is 2.59. The van der Waals surface area contributed by atoms with E-state index in [1.165, 1.54) is 7.11 Å². The van der Waals surface area contributed by atoms with Gasteiger partial charge in [0.25, 0.3) is 0 Å². The van der Waals surface area contributed by atoms with Gasteiger partial charge in [-0.15, -0.1) is 11.3 Å². The molecule has 0 fully saturated rings. The van der Waals surface area contributed by atoms with Crippen molar-refractivity contribution < 1.29 is 9.53 Å². The molecule has 0 spiro atoms. The zero-order valence-corrected chi connectivity index (χ0v) is 12.0. The van der Waals surface area contributed by atoms with Crippen LogP contribution in [0, 0.1) is 6.92 Å². The maximum absolute atomic E-state index is 11.6. The number of thiazole rings is 1. The Labute approximate surface area is 115 Å². The molecule has 6 nitrogen and oxygen atoms in total. The van der Waals surface area contributed by atoms with Crippen molar-refractivity contribution in [3.63, 3.8) is 0 Å². The Balaban J connectivity index is 2.42. The minimum absolute atomic E-state index is 0.182. The molecule has 7 heteroatoms. The molecule has 0 radical (unpaired) electrons. The van der Waals surface area contributed by atoms with Crippen molar-refractivity contribution in [3.8, 4) is 0 Å².